The molecule has 3 rings (SSSR count). The van der Waals surface area contributed by atoms with Crippen molar-refractivity contribution in [3.05, 3.63) is 72.6 Å². The van der Waals surface area contributed by atoms with Gasteiger partial charge in [0.1, 0.15) is 0 Å². The largest absolute Gasteiger partial charge is 0.493 e. The maximum absolute atomic E-state index is 12.5. The molecule has 1 aromatic heterocycles. The Morgan fingerprint density at radius 3 is 2.44 bits per heavy atom. The molecule has 140 valence electrons. The zero-order chi connectivity index (χ0) is 19.1. The zero-order valence-electron chi connectivity index (χ0n) is 15.6. The summed E-state index contributed by atoms with van der Waals surface area (Å²) in [4.78, 5) is 14.7. The van der Waals surface area contributed by atoms with Crippen molar-refractivity contribution in [2.75, 3.05) is 32.1 Å². The molecule has 0 aliphatic heterocycles. The second kappa shape index (κ2) is 8.89. The number of methoxy groups -OCH3 is 1. The lowest BCUT2D eigenvalue weighted by Gasteiger charge is -2.19. The van der Waals surface area contributed by atoms with Crippen molar-refractivity contribution in [2.45, 2.75) is 6.42 Å². The van der Waals surface area contributed by atoms with Gasteiger partial charge in [0.2, 0.25) is 0 Å². The van der Waals surface area contributed by atoms with Gasteiger partial charge in [-0.15, -0.1) is 0 Å². The number of nitrogens with one attached hydrogen (secondary N) is 1. The minimum absolute atomic E-state index is 0.233. The Labute approximate surface area is 159 Å². The molecule has 1 amide bonds. The number of nitrogens with zero attached hydrogens (tertiary/aromatic N) is 3. The first-order chi connectivity index (χ1) is 13.2. The molecule has 0 bridgehead atoms. The van der Waals surface area contributed by atoms with Gasteiger partial charge in [-0.2, -0.15) is 5.10 Å². The van der Waals surface area contributed by atoms with E-state index in [2.05, 4.69) is 27.4 Å². The fourth-order valence-corrected chi connectivity index (χ4v) is 2.79. The molecule has 1 N–H and O–H groups in total. The number of ether oxygens (including phenoxy) is 1. The van der Waals surface area contributed by atoms with Crippen molar-refractivity contribution in [1.82, 2.24) is 15.1 Å². The van der Waals surface area contributed by atoms with Crippen LogP contribution in [0.5, 0.6) is 5.75 Å². The van der Waals surface area contributed by atoms with E-state index in [0.29, 0.717) is 12.3 Å². The van der Waals surface area contributed by atoms with E-state index in [4.69, 9.17) is 4.74 Å². The van der Waals surface area contributed by atoms with Gasteiger partial charge in [-0.05, 0) is 30.7 Å². The first kappa shape index (κ1) is 18.5. The van der Waals surface area contributed by atoms with E-state index in [1.165, 1.54) is 7.11 Å². The number of carbonyl (C=O) groups excluding carboxylic acids is 1. The maximum atomic E-state index is 12.5. The van der Waals surface area contributed by atoms with Crippen molar-refractivity contribution in [3.63, 3.8) is 0 Å². The second-order valence-corrected chi connectivity index (χ2v) is 6.19. The van der Waals surface area contributed by atoms with Gasteiger partial charge in [-0.1, -0.05) is 36.4 Å². The van der Waals surface area contributed by atoms with Crippen LogP contribution in [-0.2, 0) is 0 Å². The fourth-order valence-electron chi connectivity index (χ4n) is 2.79. The van der Waals surface area contributed by atoms with Gasteiger partial charge in [0.15, 0.2) is 11.4 Å². The molecule has 0 atom stereocenters. The molecular formula is C21H24N4O2. The summed E-state index contributed by atoms with van der Waals surface area (Å²) in [6, 6.07) is 19.8. The third-order valence-corrected chi connectivity index (χ3v) is 4.29. The molecule has 0 unspecified atom stereocenters. The molecule has 0 spiro atoms. The standard InChI is InChI=1S/C21H24N4O2/c1-24(17-10-5-3-6-11-17)15-9-14-22-21(26)20-19(27-2)16-25(23-20)18-12-7-4-8-13-18/h3-8,10-13,16H,9,14-15H2,1-2H3,(H,22,26). The van der Waals surface area contributed by atoms with Crippen LogP contribution < -0.4 is 15.0 Å². The van der Waals surface area contributed by atoms with Gasteiger partial charge in [-0.25, -0.2) is 4.68 Å². The summed E-state index contributed by atoms with van der Waals surface area (Å²) in [6.45, 7) is 1.41. The molecule has 0 fully saturated rings. The van der Waals surface area contributed by atoms with Crippen LogP contribution in [0.15, 0.2) is 66.9 Å². The molecular weight excluding hydrogens is 340 g/mol. The van der Waals surface area contributed by atoms with Crippen LogP contribution in [0.4, 0.5) is 5.69 Å². The normalized spacial score (nSPS) is 10.4. The lowest BCUT2D eigenvalue weighted by atomic mass is 10.3. The van der Waals surface area contributed by atoms with Crippen LogP contribution in [0.2, 0.25) is 0 Å². The molecule has 2 aromatic carbocycles. The Bertz CT molecular complexity index is 862. The van der Waals surface area contributed by atoms with Crippen LogP contribution in [0, 0.1) is 0 Å². The minimum Gasteiger partial charge on any atom is -0.493 e. The SMILES string of the molecule is COc1cn(-c2ccccc2)nc1C(=O)NCCCN(C)c1ccccc1. The predicted octanol–water partition coefficient (Wildman–Crippen LogP) is 3.14. The first-order valence-electron chi connectivity index (χ1n) is 8.92. The van der Waals surface area contributed by atoms with E-state index in [1.807, 2.05) is 55.6 Å². The van der Waals surface area contributed by atoms with E-state index in [0.717, 1.165) is 24.3 Å². The molecule has 0 radical (unpaired) electrons. The van der Waals surface area contributed by atoms with Crippen LogP contribution in [-0.4, -0.2) is 42.9 Å². The van der Waals surface area contributed by atoms with E-state index in [9.17, 15) is 4.79 Å². The van der Waals surface area contributed by atoms with E-state index >= 15 is 0 Å². The number of benzene rings is 2. The van der Waals surface area contributed by atoms with Gasteiger partial charge < -0.3 is 15.0 Å². The second-order valence-electron chi connectivity index (χ2n) is 6.19. The Morgan fingerprint density at radius 2 is 1.78 bits per heavy atom. The van der Waals surface area contributed by atoms with Crippen molar-refractivity contribution < 1.29 is 9.53 Å². The lowest BCUT2D eigenvalue weighted by Crippen LogP contribution is -2.28. The van der Waals surface area contributed by atoms with Crippen molar-refractivity contribution in [2.24, 2.45) is 0 Å². The molecule has 1 heterocycles. The van der Waals surface area contributed by atoms with Crippen LogP contribution in [0.1, 0.15) is 16.9 Å². The van der Waals surface area contributed by atoms with E-state index < -0.39 is 0 Å². The Morgan fingerprint density at radius 1 is 1.11 bits per heavy atom. The third kappa shape index (κ3) is 4.67. The number of hydrogen-bond acceptors (Lipinski definition) is 4. The molecule has 3 aromatic rings. The molecule has 6 nitrogen and oxygen atoms in total. The maximum Gasteiger partial charge on any atom is 0.275 e. The summed E-state index contributed by atoms with van der Waals surface area (Å²) in [5.41, 5.74) is 2.32. The lowest BCUT2D eigenvalue weighted by molar-refractivity contribution is 0.0945. The van der Waals surface area contributed by atoms with Crippen molar-refractivity contribution >= 4 is 11.6 Å². The number of aromatic nitrogens is 2. The molecule has 6 heteroatoms. The van der Waals surface area contributed by atoms with E-state index in [-0.39, 0.29) is 11.6 Å². The summed E-state index contributed by atoms with van der Waals surface area (Å²) < 4.78 is 6.97. The number of amides is 1. The smallest absolute Gasteiger partial charge is 0.275 e. The highest BCUT2D eigenvalue weighted by molar-refractivity contribution is 5.94. The topological polar surface area (TPSA) is 59.4 Å². The van der Waals surface area contributed by atoms with E-state index in [1.54, 1.807) is 10.9 Å². The monoisotopic (exact) mass is 364 g/mol. The van der Waals surface area contributed by atoms with Gasteiger partial charge in [0.05, 0.1) is 19.0 Å². The number of anilines is 1. The molecule has 0 aliphatic carbocycles. The zero-order valence-corrected chi connectivity index (χ0v) is 15.6. The number of carbonyl (C=O) groups is 1. The average Bonchev–Trinajstić information content (AvgIpc) is 3.17. The molecule has 0 aliphatic rings. The summed E-state index contributed by atoms with van der Waals surface area (Å²) in [7, 11) is 3.58. The quantitative estimate of drug-likeness (QED) is 0.624. The van der Waals surface area contributed by atoms with Crippen LogP contribution in [0.25, 0.3) is 5.69 Å². The van der Waals surface area contributed by atoms with Gasteiger partial charge in [-0.3, -0.25) is 4.79 Å². The minimum atomic E-state index is -0.233. The Kier molecular flexibility index (Phi) is 6.10. The Balaban J connectivity index is 1.56. The van der Waals surface area contributed by atoms with Gasteiger partial charge in [0, 0.05) is 25.8 Å². The summed E-state index contributed by atoms with van der Waals surface area (Å²) in [5.74, 6) is 0.224. The number of para-hydroxylation sites is 2. The van der Waals surface area contributed by atoms with Crippen molar-refractivity contribution in [3.8, 4) is 11.4 Å². The fraction of sp³-hybridized carbons (Fsp3) is 0.238. The van der Waals surface area contributed by atoms with Gasteiger partial charge >= 0.3 is 0 Å². The number of hydrogen-bond donors (Lipinski definition) is 1. The highest BCUT2D eigenvalue weighted by Crippen LogP contribution is 2.19. The summed E-state index contributed by atoms with van der Waals surface area (Å²) >= 11 is 0. The van der Waals surface area contributed by atoms with Crippen LogP contribution in [0.3, 0.4) is 0 Å². The molecule has 0 saturated heterocycles. The first-order valence-corrected chi connectivity index (χ1v) is 8.92. The van der Waals surface area contributed by atoms with Crippen molar-refractivity contribution in [1.29, 1.82) is 0 Å². The predicted molar refractivity (Wildman–Crippen MR) is 107 cm³/mol. The summed E-state index contributed by atoms with van der Waals surface area (Å²) in [6.07, 6.45) is 2.55. The van der Waals surface area contributed by atoms with Gasteiger partial charge in [0.25, 0.3) is 5.91 Å². The third-order valence-electron chi connectivity index (χ3n) is 4.29. The molecule has 0 saturated carbocycles. The average molecular weight is 364 g/mol. The molecule has 27 heavy (non-hydrogen) atoms. The highest BCUT2D eigenvalue weighted by Gasteiger charge is 2.18. The number of rotatable bonds is 8. The Hall–Kier alpha value is -3.28. The van der Waals surface area contributed by atoms with Crippen LogP contribution >= 0.6 is 0 Å². The summed E-state index contributed by atoms with van der Waals surface area (Å²) in [5, 5.41) is 7.31. The highest BCUT2D eigenvalue weighted by atomic mass is 16.5.